The van der Waals surface area contributed by atoms with Gasteiger partial charge in [0.15, 0.2) is 0 Å². The monoisotopic (exact) mass is 232 g/mol. The molecule has 0 saturated carbocycles. The summed E-state index contributed by atoms with van der Waals surface area (Å²) < 4.78 is 0. The first-order chi connectivity index (χ1) is 6.34. The second-order valence-electron chi connectivity index (χ2n) is 3.12. The van der Waals surface area contributed by atoms with Gasteiger partial charge < -0.3 is 17.7 Å². The second kappa shape index (κ2) is 8.10. The van der Waals surface area contributed by atoms with Gasteiger partial charge in [0.1, 0.15) is 0 Å². The highest BCUT2D eigenvalue weighted by molar-refractivity contribution is 6.31. The van der Waals surface area contributed by atoms with E-state index < -0.39 is 0 Å². The normalized spacial score (nSPS) is 9.57. The predicted octanol–water partition coefficient (Wildman–Crippen LogP) is 0.234. The summed E-state index contributed by atoms with van der Waals surface area (Å²) in [6, 6.07) is 7.96. The Morgan fingerprint density at radius 1 is 1.29 bits per heavy atom. The fourth-order valence-corrected chi connectivity index (χ4v) is 1.37. The molecular weight excluding hydrogens is 217 g/mol. The van der Waals surface area contributed by atoms with Gasteiger partial charge in [0.05, 0.1) is 0 Å². The van der Waals surface area contributed by atoms with Crippen molar-refractivity contribution in [2.75, 3.05) is 6.54 Å². The zero-order chi connectivity index (χ0) is 9.52. The smallest absolute Gasteiger partial charge is 0.0450 e. The maximum atomic E-state index is 6.00. The molecule has 14 heavy (non-hydrogen) atoms. The summed E-state index contributed by atoms with van der Waals surface area (Å²) in [6.07, 6.45) is 2.46. The van der Waals surface area contributed by atoms with Gasteiger partial charge in [0.25, 0.3) is 0 Å². The summed E-state index contributed by atoms with van der Waals surface area (Å²) in [5, 5.41) is 4.21. The Kier molecular flexibility index (Phi) is 7.96. The maximum Gasteiger partial charge on any atom is 0.0450 e. The quantitative estimate of drug-likeness (QED) is 0.718. The number of unbranched alkanes of at least 4 members (excludes halogenated alkanes) is 1. The predicted molar refractivity (Wildman–Crippen MR) is 58.1 cm³/mol. The molecule has 0 aliphatic heterocycles. The average molecular weight is 233 g/mol. The summed E-state index contributed by atoms with van der Waals surface area (Å²) in [6.45, 7) is 4.14. The molecule has 0 atom stereocenters. The third-order valence-electron chi connectivity index (χ3n) is 1.98. The number of halogens is 2. The molecule has 80 valence electrons. The molecule has 0 amide bonds. The molecule has 0 aromatic heterocycles. The van der Waals surface area contributed by atoms with E-state index in [1.54, 1.807) is 0 Å². The molecule has 3 heteroatoms. The molecular formula is C11H16Cl2N-. The number of nitrogens with one attached hydrogen (secondary N) is 1. The minimum atomic E-state index is 0. The van der Waals surface area contributed by atoms with E-state index in [9.17, 15) is 0 Å². The third kappa shape index (κ3) is 4.85. The van der Waals surface area contributed by atoms with Crippen molar-refractivity contribution in [2.24, 2.45) is 0 Å². The Balaban J connectivity index is 0.00000169. The van der Waals surface area contributed by atoms with E-state index in [1.165, 1.54) is 18.4 Å². The molecule has 0 fully saturated rings. The largest absolute Gasteiger partial charge is 1.00 e. The van der Waals surface area contributed by atoms with Gasteiger partial charge >= 0.3 is 0 Å². The van der Waals surface area contributed by atoms with Crippen LogP contribution in [0, 0.1) is 0 Å². The number of rotatable bonds is 5. The summed E-state index contributed by atoms with van der Waals surface area (Å²) in [7, 11) is 0. The van der Waals surface area contributed by atoms with Crippen molar-refractivity contribution in [1.82, 2.24) is 5.32 Å². The molecule has 1 aromatic rings. The van der Waals surface area contributed by atoms with E-state index in [1.807, 2.05) is 18.2 Å². The highest BCUT2D eigenvalue weighted by atomic mass is 35.5. The van der Waals surface area contributed by atoms with Gasteiger partial charge in [-0.2, -0.15) is 0 Å². The van der Waals surface area contributed by atoms with Crippen LogP contribution in [-0.4, -0.2) is 6.54 Å². The van der Waals surface area contributed by atoms with E-state index >= 15 is 0 Å². The molecule has 1 N–H and O–H groups in total. The topological polar surface area (TPSA) is 12.0 Å². The highest BCUT2D eigenvalue weighted by Crippen LogP contribution is 2.14. The fourth-order valence-electron chi connectivity index (χ4n) is 1.17. The van der Waals surface area contributed by atoms with Crippen LogP contribution < -0.4 is 17.7 Å². The first-order valence-corrected chi connectivity index (χ1v) is 5.16. The Morgan fingerprint density at radius 2 is 2.00 bits per heavy atom. The summed E-state index contributed by atoms with van der Waals surface area (Å²) in [5.74, 6) is 0. The summed E-state index contributed by atoms with van der Waals surface area (Å²) >= 11 is 6.00. The molecule has 0 bridgehead atoms. The van der Waals surface area contributed by atoms with E-state index in [0.717, 1.165) is 18.1 Å². The maximum absolute atomic E-state index is 6.00. The van der Waals surface area contributed by atoms with E-state index in [2.05, 4.69) is 18.3 Å². The van der Waals surface area contributed by atoms with E-state index in [0.29, 0.717) is 0 Å². The Labute approximate surface area is 97.3 Å². The van der Waals surface area contributed by atoms with Crippen LogP contribution >= 0.6 is 11.6 Å². The molecule has 1 aromatic carbocycles. The van der Waals surface area contributed by atoms with Crippen LogP contribution in [0.3, 0.4) is 0 Å². The van der Waals surface area contributed by atoms with Gasteiger partial charge in [-0.3, -0.25) is 0 Å². The van der Waals surface area contributed by atoms with Crippen LogP contribution in [0.15, 0.2) is 24.3 Å². The highest BCUT2D eigenvalue weighted by Gasteiger charge is 1.96. The lowest BCUT2D eigenvalue weighted by Crippen LogP contribution is -3.00. The van der Waals surface area contributed by atoms with Crippen molar-refractivity contribution in [1.29, 1.82) is 0 Å². The molecule has 1 rings (SSSR count). The number of hydrogen-bond donors (Lipinski definition) is 1. The number of hydrogen-bond acceptors (Lipinski definition) is 1. The van der Waals surface area contributed by atoms with Gasteiger partial charge in [-0.25, -0.2) is 0 Å². The zero-order valence-electron chi connectivity index (χ0n) is 8.39. The van der Waals surface area contributed by atoms with E-state index in [-0.39, 0.29) is 12.4 Å². The summed E-state index contributed by atoms with van der Waals surface area (Å²) in [5.41, 5.74) is 1.18. The molecule has 1 nitrogen and oxygen atoms in total. The van der Waals surface area contributed by atoms with Gasteiger partial charge in [0.2, 0.25) is 0 Å². The molecule has 0 aliphatic rings. The van der Waals surface area contributed by atoms with Gasteiger partial charge in [-0.1, -0.05) is 43.1 Å². The minimum absolute atomic E-state index is 0. The van der Waals surface area contributed by atoms with E-state index in [4.69, 9.17) is 11.6 Å². The van der Waals surface area contributed by atoms with Crippen molar-refractivity contribution >= 4 is 11.6 Å². The van der Waals surface area contributed by atoms with Gasteiger partial charge in [-0.05, 0) is 24.6 Å². The first-order valence-electron chi connectivity index (χ1n) is 4.78. The average Bonchev–Trinajstić information content (AvgIpc) is 2.15. The fraction of sp³-hybridized carbons (Fsp3) is 0.455. The molecule has 0 saturated heterocycles. The lowest BCUT2D eigenvalue weighted by Gasteiger charge is -2.05. The Hall–Kier alpha value is -0.240. The van der Waals surface area contributed by atoms with Crippen LogP contribution in [-0.2, 0) is 6.54 Å². The molecule has 0 spiro atoms. The van der Waals surface area contributed by atoms with Crippen LogP contribution in [0.25, 0.3) is 0 Å². The standard InChI is InChI=1S/C11H16ClN.ClH/c1-2-3-8-13-9-10-6-4-5-7-11(10)12;/h4-7,13H,2-3,8-9H2,1H3;1H/p-1. The lowest BCUT2D eigenvalue weighted by molar-refractivity contribution is -0.00000270. The van der Waals surface area contributed by atoms with Crippen molar-refractivity contribution in [3.05, 3.63) is 34.9 Å². The molecule has 0 radical (unpaired) electrons. The van der Waals surface area contributed by atoms with Gasteiger partial charge in [-0.15, -0.1) is 0 Å². The summed E-state index contributed by atoms with van der Waals surface area (Å²) in [4.78, 5) is 0. The first kappa shape index (κ1) is 13.8. The van der Waals surface area contributed by atoms with Crippen LogP contribution in [0.2, 0.25) is 5.02 Å². The van der Waals surface area contributed by atoms with Gasteiger partial charge in [0, 0.05) is 11.6 Å². The minimum Gasteiger partial charge on any atom is -1.00 e. The lowest BCUT2D eigenvalue weighted by atomic mass is 10.2. The van der Waals surface area contributed by atoms with Crippen molar-refractivity contribution in [2.45, 2.75) is 26.3 Å². The molecule has 0 unspecified atom stereocenters. The van der Waals surface area contributed by atoms with Crippen molar-refractivity contribution < 1.29 is 12.4 Å². The SMILES string of the molecule is CCCCNCc1ccccc1Cl.[Cl-]. The second-order valence-corrected chi connectivity index (χ2v) is 3.53. The van der Waals surface area contributed by atoms with Crippen LogP contribution in [0.1, 0.15) is 25.3 Å². The zero-order valence-corrected chi connectivity index (χ0v) is 9.91. The Bertz CT molecular complexity index is 251. The molecule has 0 heterocycles. The van der Waals surface area contributed by atoms with Crippen molar-refractivity contribution in [3.63, 3.8) is 0 Å². The number of benzene rings is 1. The molecule has 0 aliphatic carbocycles. The van der Waals surface area contributed by atoms with Crippen LogP contribution in [0.4, 0.5) is 0 Å². The third-order valence-corrected chi connectivity index (χ3v) is 2.35. The Morgan fingerprint density at radius 3 is 2.64 bits per heavy atom. The van der Waals surface area contributed by atoms with Crippen molar-refractivity contribution in [3.8, 4) is 0 Å². The van der Waals surface area contributed by atoms with Crippen LogP contribution in [0.5, 0.6) is 0 Å².